The SMILES string of the molecule is CCN1C(=O)/C(=C2/C=Cc3cc(C)ccc3N2CC)OC1=Nc1ccc(O)cc1. The number of rotatable bonds is 3. The smallest absolute Gasteiger partial charge is 0.305 e. The Labute approximate surface area is 170 Å². The molecule has 2 aromatic rings. The first kappa shape index (κ1) is 18.8. The zero-order valence-corrected chi connectivity index (χ0v) is 16.7. The molecule has 1 saturated heterocycles. The molecule has 0 atom stereocenters. The van der Waals surface area contributed by atoms with E-state index < -0.39 is 0 Å². The molecule has 6 nitrogen and oxygen atoms in total. The maximum Gasteiger partial charge on any atom is 0.305 e. The highest BCUT2D eigenvalue weighted by Gasteiger charge is 2.37. The maximum atomic E-state index is 13.1. The summed E-state index contributed by atoms with van der Waals surface area (Å²) in [5, 5.41) is 9.46. The molecular formula is C23H23N3O3. The number of nitrogens with zero attached hydrogens (tertiary/aromatic N) is 3. The van der Waals surface area contributed by atoms with Gasteiger partial charge in [0.15, 0.2) is 0 Å². The summed E-state index contributed by atoms with van der Waals surface area (Å²) < 4.78 is 5.97. The summed E-state index contributed by atoms with van der Waals surface area (Å²) in [7, 11) is 0. The summed E-state index contributed by atoms with van der Waals surface area (Å²) in [5.41, 5.74) is 4.68. The van der Waals surface area contributed by atoms with Gasteiger partial charge in [0.05, 0.1) is 11.4 Å². The van der Waals surface area contributed by atoms with Crippen molar-refractivity contribution in [1.29, 1.82) is 0 Å². The maximum absolute atomic E-state index is 13.1. The number of carbonyl (C=O) groups excluding carboxylic acids is 1. The molecule has 29 heavy (non-hydrogen) atoms. The van der Waals surface area contributed by atoms with Crippen LogP contribution in [0.15, 0.2) is 65.0 Å². The number of aromatic hydroxyl groups is 1. The molecular weight excluding hydrogens is 366 g/mol. The minimum absolute atomic E-state index is 0.160. The summed E-state index contributed by atoms with van der Waals surface area (Å²) in [6.45, 7) is 7.14. The van der Waals surface area contributed by atoms with Gasteiger partial charge >= 0.3 is 6.02 Å². The first-order valence-corrected chi connectivity index (χ1v) is 9.69. The van der Waals surface area contributed by atoms with Gasteiger partial charge in [-0.2, -0.15) is 4.99 Å². The van der Waals surface area contributed by atoms with Gasteiger partial charge in [0.25, 0.3) is 5.91 Å². The number of allylic oxidation sites excluding steroid dienone is 1. The summed E-state index contributed by atoms with van der Waals surface area (Å²) in [6, 6.07) is 12.9. The fourth-order valence-corrected chi connectivity index (χ4v) is 3.54. The summed E-state index contributed by atoms with van der Waals surface area (Å²) in [6.07, 6.45) is 3.94. The van der Waals surface area contributed by atoms with Crippen LogP contribution in [-0.2, 0) is 9.53 Å². The van der Waals surface area contributed by atoms with Crippen LogP contribution < -0.4 is 4.90 Å². The van der Waals surface area contributed by atoms with E-state index in [4.69, 9.17) is 4.74 Å². The van der Waals surface area contributed by atoms with Crippen LogP contribution in [0.4, 0.5) is 11.4 Å². The number of phenolic OH excluding ortho intramolecular Hbond substituents is 1. The monoisotopic (exact) mass is 389 g/mol. The second kappa shape index (κ2) is 7.47. The number of aliphatic imine (C=N–C) groups is 1. The molecule has 1 amide bonds. The number of hydrogen-bond donors (Lipinski definition) is 1. The molecule has 2 aliphatic rings. The number of aryl methyl sites for hydroxylation is 1. The molecule has 2 aromatic carbocycles. The molecule has 2 heterocycles. The van der Waals surface area contributed by atoms with Crippen LogP contribution in [0.1, 0.15) is 25.0 Å². The fraction of sp³-hybridized carbons (Fsp3) is 0.217. The molecule has 148 valence electrons. The van der Waals surface area contributed by atoms with Crippen LogP contribution >= 0.6 is 0 Å². The fourth-order valence-electron chi connectivity index (χ4n) is 3.54. The van der Waals surface area contributed by atoms with Crippen molar-refractivity contribution in [3.63, 3.8) is 0 Å². The minimum atomic E-state index is -0.210. The second-order valence-electron chi connectivity index (χ2n) is 6.92. The van der Waals surface area contributed by atoms with Crippen molar-refractivity contribution in [3.05, 3.63) is 71.1 Å². The molecule has 0 aromatic heterocycles. The zero-order valence-electron chi connectivity index (χ0n) is 16.7. The van der Waals surface area contributed by atoms with E-state index in [0.29, 0.717) is 18.8 Å². The average Bonchev–Trinajstić information content (AvgIpc) is 3.03. The third-order valence-electron chi connectivity index (χ3n) is 4.99. The summed E-state index contributed by atoms with van der Waals surface area (Å²) in [5.74, 6) is 0.222. The Hall–Kier alpha value is -3.54. The van der Waals surface area contributed by atoms with Crippen molar-refractivity contribution >= 4 is 29.4 Å². The highest BCUT2D eigenvalue weighted by atomic mass is 16.5. The van der Waals surface area contributed by atoms with Crippen molar-refractivity contribution < 1.29 is 14.6 Å². The van der Waals surface area contributed by atoms with E-state index in [0.717, 1.165) is 16.9 Å². The van der Waals surface area contributed by atoms with Gasteiger partial charge in [0.1, 0.15) is 5.75 Å². The minimum Gasteiger partial charge on any atom is -0.508 e. The predicted octanol–water partition coefficient (Wildman–Crippen LogP) is 4.33. The number of benzene rings is 2. The van der Waals surface area contributed by atoms with Crippen molar-refractivity contribution in [2.45, 2.75) is 20.8 Å². The van der Waals surface area contributed by atoms with E-state index in [-0.39, 0.29) is 23.4 Å². The topological polar surface area (TPSA) is 65.4 Å². The number of ether oxygens (including phenoxy) is 1. The van der Waals surface area contributed by atoms with Crippen LogP contribution in [-0.4, -0.2) is 35.0 Å². The number of amides is 1. The van der Waals surface area contributed by atoms with Gasteiger partial charge in [-0.15, -0.1) is 0 Å². The van der Waals surface area contributed by atoms with Crippen LogP contribution in [0.25, 0.3) is 6.08 Å². The van der Waals surface area contributed by atoms with Crippen molar-refractivity contribution in [2.75, 3.05) is 18.0 Å². The van der Waals surface area contributed by atoms with Crippen LogP contribution in [0.5, 0.6) is 5.75 Å². The number of likely N-dealkylation sites (N-methyl/N-ethyl adjacent to an activating group) is 2. The third-order valence-corrected chi connectivity index (χ3v) is 4.99. The van der Waals surface area contributed by atoms with E-state index in [9.17, 15) is 9.90 Å². The molecule has 6 heteroatoms. The van der Waals surface area contributed by atoms with Crippen LogP contribution in [0.2, 0.25) is 0 Å². The Balaban J connectivity index is 1.76. The van der Waals surface area contributed by atoms with Gasteiger partial charge in [-0.05, 0) is 68.8 Å². The van der Waals surface area contributed by atoms with E-state index >= 15 is 0 Å². The first-order valence-electron chi connectivity index (χ1n) is 9.69. The molecule has 0 spiro atoms. The number of hydrogen-bond acceptors (Lipinski definition) is 5. The van der Waals surface area contributed by atoms with Gasteiger partial charge in [-0.25, -0.2) is 0 Å². The summed E-state index contributed by atoms with van der Waals surface area (Å²) in [4.78, 5) is 21.1. The van der Waals surface area contributed by atoms with E-state index in [1.807, 2.05) is 26.0 Å². The van der Waals surface area contributed by atoms with Crippen LogP contribution in [0.3, 0.4) is 0 Å². The Morgan fingerprint density at radius 1 is 1.00 bits per heavy atom. The van der Waals surface area contributed by atoms with Crippen molar-refractivity contribution in [1.82, 2.24) is 4.90 Å². The molecule has 0 unspecified atom stereocenters. The summed E-state index contributed by atoms with van der Waals surface area (Å²) >= 11 is 0. The Kier molecular flexibility index (Phi) is 4.84. The molecule has 0 bridgehead atoms. The lowest BCUT2D eigenvalue weighted by molar-refractivity contribution is -0.122. The molecule has 0 aliphatic carbocycles. The van der Waals surface area contributed by atoms with Gasteiger partial charge in [0.2, 0.25) is 5.76 Å². The second-order valence-corrected chi connectivity index (χ2v) is 6.92. The van der Waals surface area contributed by atoms with Gasteiger partial charge in [-0.3, -0.25) is 9.69 Å². The normalized spacial score (nSPS) is 19.7. The number of anilines is 1. The van der Waals surface area contributed by atoms with Gasteiger partial charge in [-0.1, -0.05) is 17.7 Å². The van der Waals surface area contributed by atoms with E-state index in [1.165, 1.54) is 10.5 Å². The Morgan fingerprint density at radius 3 is 2.41 bits per heavy atom. The average molecular weight is 389 g/mol. The predicted molar refractivity (Wildman–Crippen MR) is 114 cm³/mol. The Bertz CT molecular complexity index is 1050. The molecule has 4 rings (SSSR count). The molecule has 2 aliphatic heterocycles. The lowest BCUT2D eigenvalue weighted by atomic mass is 10.0. The first-order chi connectivity index (χ1) is 14.0. The number of carbonyl (C=O) groups is 1. The standard InChI is InChI=1S/C23H23N3O3/c1-4-25-19-12-6-15(3)14-16(19)7-13-20(25)21-22(28)26(5-2)23(29-21)24-17-8-10-18(27)11-9-17/h6-14,27H,4-5H2,1-3H3/b21-20+,24-23?. The van der Waals surface area contributed by atoms with Crippen molar-refractivity contribution in [2.24, 2.45) is 4.99 Å². The molecule has 0 radical (unpaired) electrons. The quantitative estimate of drug-likeness (QED) is 0.794. The van der Waals surface area contributed by atoms with E-state index in [1.54, 1.807) is 24.3 Å². The van der Waals surface area contributed by atoms with Gasteiger partial charge < -0.3 is 14.7 Å². The lowest BCUT2D eigenvalue weighted by Crippen LogP contribution is -2.30. The molecule has 1 N–H and O–H groups in total. The highest BCUT2D eigenvalue weighted by molar-refractivity contribution is 6.10. The third kappa shape index (κ3) is 3.38. The number of fused-ring (bicyclic) bond motifs is 1. The van der Waals surface area contributed by atoms with Gasteiger partial charge in [0, 0.05) is 18.8 Å². The highest BCUT2D eigenvalue weighted by Crippen LogP contribution is 2.35. The van der Waals surface area contributed by atoms with Crippen LogP contribution in [0, 0.1) is 6.92 Å². The van der Waals surface area contributed by atoms with Crippen molar-refractivity contribution in [3.8, 4) is 5.75 Å². The molecule has 1 fully saturated rings. The zero-order chi connectivity index (χ0) is 20.5. The Morgan fingerprint density at radius 2 is 1.72 bits per heavy atom. The van der Waals surface area contributed by atoms with E-state index in [2.05, 4.69) is 35.0 Å². The largest absolute Gasteiger partial charge is 0.508 e. The number of amidine groups is 1. The molecule has 0 saturated carbocycles. The lowest BCUT2D eigenvalue weighted by Gasteiger charge is -2.29. The number of phenols is 1.